The molecule has 0 aliphatic rings. The first kappa shape index (κ1) is 14.0. The molecule has 5 nitrogen and oxygen atoms in total. The van der Waals surface area contributed by atoms with Crippen molar-refractivity contribution in [1.29, 1.82) is 0 Å². The van der Waals surface area contributed by atoms with Gasteiger partial charge < -0.3 is 9.84 Å². The van der Waals surface area contributed by atoms with Crippen LogP contribution in [0.1, 0.15) is 25.8 Å². The molecule has 0 bridgehead atoms. The summed E-state index contributed by atoms with van der Waals surface area (Å²) < 4.78 is 4.97. The number of amides is 1. The molecule has 0 aliphatic carbocycles. The van der Waals surface area contributed by atoms with Crippen molar-refractivity contribution in [2.45, 2.75) is 20.3 Å². The fourth-order valence-corrected chi connectivity index (χ4v) is 1.37. The second kappa shape index (κ2) is 6.64. The summed E-state index contributed by atoms with van der Waals surface area (Å²) >= 11 is 0. The number of carbonyl (C=O) groups excluding carboxylic acids is 1. The van der Waals surface area contributed by atoms with E-state index in [0.29, 0.717) is 18.1 Å². The van der Waals surface area contributed by atoms with E-state index in [-0.39, 0.29) is 11.7 Å². The summed E-state index contributed by atoms with van der Waals surface area (Å²) in [6, 6.07) is 4.82. The van der Waals surface area contributed by atoms with Crippen LogP contribution < -0.4 is 10.2 Å². The third kappa shape index (κ3) is 4.45. The lowest BCUT2D eigenvalue weighted by Gasteiger charge is -2.04. The number of rotatable bonds is 5. The monoisotopic (exact) mass is 250 g/mol. The summed E-state index contributed by atoms with van der Waals surface area (Å²) in [4.78, 5) is 11.3. The molecule has 98 valence electrons. The van der Waals surface area contributed by atoms with Gasteiger partial charge in [-0.15, -0.1) is 0 Å². The highest BCUT2D eigenvalue weighted by atomic mass is 16.5. The predicted molar refractivity (Wildman–Crippen MR) is 69.9 cm³/mol. The average molecular weight is 250 g/mol. The number of hydrazone groups is 1. The SMILES string of the molecule is COc1cc(/C=N/NC(=O)CC(C)C)ccc1O. The summed E-state index contributed by atoms with van der Waals surface area (Å²) in [5.41, 5.74) is 3.17. The molecular weight excluding hydrogens is 232 g/mol. The van der Waals surface area contributed by atoms with Crippen molar-refractivity contribution in [2.24, 2.45) is 11.0 Å². The number of ether oxygens (including phenoxy) is 1. The van der Waals surface area contributed by atoms with E-state index in [2.05, 4.69) is 10.5 Å². The molecule has 0 spiro atoms. The van der Waals surface area contributed by atoms with Gasteiger partial charge in [-0.25, -0.2) is 5.43 Å². The van der Waals surface area contributed by atoms with Crippen LogP contribution in [-0.2, 0) is 4.79 Å². The lowest BCUT2D eigenvalue weighted by Crippen LogP contribution is -2.19. The Morgan fingerprint density at radius 2 is 2.28 bits per heavy atom. The fraction of sp³-hybridized carbons (Fsp3) is 0.385. The van der Waals surface area contributed by atoms with E-state index in [1.54, 1.807) is 12.1 Å². The van der Waals surface area contributed by atoms with Gasteiger partial charge in [0.1, 0.15) is 0 Å². The van der Waals surface area contributed by atoms with Crippen molar-refractivity contribution in [1.82, 2.24) is 5.43 Å². The standard InChI is InChI=1S/C13H18N2O3/c1-9(2)6-13(17)15-14-8-10-4-5-11(16)12(7-10)18-3/h4-5,7-9,16H,6H2,1-3H3,(H,15,17)/b14-8+. The predicted octanol–water partition coefficient (Wildman–Crippen LogP) is 1.90. The Morgan fingerprint density at radius 3 is 2.89 bits per heavy atom. The summed E-state index contributed by atoms with van der Waals surface area (Å²) in [6.07, 6.45) is 1.94. The van der Waals surface area contributed by atoms with E-state index in [1.165, 1.54) is 19.4 Å². The molecule has 0 aliphatic heterocycles. The van der Waals surface area contributed by atoms with E-state index in [0.717, 1.165) is 5.56 Å². The summed E-state index contributed by atoms with van der Waals surface area (Å²) in [6.45, 7) is 3.93. The van der Waals surface area contributed by atoms with Gasteiger partial charge in [0.05, 0.1) is 13.3 Å². The molecule has 0 atom stereocenters. The summed E-state index contributed by atoms with van der Waals surface area (Å²) in [5.74, 6) is 0.618. The van der Waals surface area contributed by atoms with Gasteiger partial charge in [0.25, 0.3) is 0 Å². The number of nitrogens with zero attached hydrogens (tertiary/aromatic N) is 1. The molecule has 0 saturated heterocycles. The Morgan fingerprint density at radius 1 is 1.56 bits per heavy atom. The minimum Gasteiger partial charge on any atom is -0.504 e. The zero-order valence-electron chi connectivity index (χ0n) is 10.8. The van der Waals surface area contributed by atoms with Gasteiger partial charge in [-0.05, 0) is 29.7 Å². The molecule has 0 saturated carbocycles. The minimum absolute atomic E-state index is 0.0680. The number of phenolic OH excluding ortho intramolecular Hbond substituents is 1. The van der Waals surface area contributed by atoms with E-state index in [9.17, 15) is 9.90 Å². The molecule has 0 radical (unpaired) electrons. The number of aromatic hydroxyl groups is 1. The highest BCUT2D eigenvalue weighted by molar-refractivity contribution is 5.83. The second-order valence-electron chi connectivity index (χ2n) is 4.32. The molecule has 0 heterocycles. The second-order valence-corrected chi connectivity index (χ2v) is 4.32. The van der Waals surface area contributed by atoms with Crippen molar-refractivity contribution < 1.29 is 14.6 Å². The molecule has 1 aromatic rings. The molecule has 1 amide bonds. The van der Waals surface area contributed by atoms with Crippen molar-refractivity contribution in [3.63, 3.8) is 0 Å². The first-order valence-corrected chi connectivity index (χ1v) is 5.72. The third-order valence-electron chi connectivity index (χ3n) is 2.20. The Kier molecular flexibility index (Phi) is 5.17. The maximum absolute atomic E-state index is 11.3. The van der Waals surface area contributed by atoms with Gasteiger partial charge in [0.15, 0.2) is 11.5 Å². The van der Waals surface area contributed by atoms with Crippen molar-refractivity contribution in [3.05, 3.63) is 23.8 Å². The number of hydrogen-bond acceptors (Lipinski definition) is 4. The number of phenols is 1. The van der Waals surface area contributed by atoms with Crippen LogP contribution >= 0.6 is 0 Å². The van der Waals surface area contributed by atoms with Crippen LogP contribution in [0.3, 0.4) is 0 Å². The first-order valence-electron chi connectivity index (χ1n) is 5.72. The average Bonchev–Trinajstić information content (AvgIpc) is 2.30. The van der Waals surface area contributed by atoms with Crippen LogP contribution in [0.2, 0.25) is 0 Å². The Labute approximate surface area is 106 Å². The lowest BCUT2D eigenvalue weighted by molar-refractivity contribution is -0.121. The van der Waals surface area contributed by atoms with Gasteiger partial charge in [-0.2, -0.15) is 5.10 Å². The zero-order chi connectivity index (χ0) is 13.5. The topological polar surface area (TPSA) is 70.9 Å². The van der Waals surface area contributed by atoms with E-state index in [1.807, 2.05) is 13.8 Å². The minimum atomic E-state index is -0.119. The van der Waals surface area contributed by atoms with Crippen LogP contribution in [0, 0.1) is 5.92 Å². The summed E-state index contributed by atoms with van der Waals surface area (Å²) in [7, 11) is 1.47. The van der Waals surface area contributed by atoms with E-state index in [4.69, 9.17) is 4.74 Å². The summed E-state index contributed by atoms with van der Waals surface area (Å²) in [5, 5.41) is 13.2. The van der Waals surface area contributed by atoms with Crippen LogP contribution in [0.4, 0.5) is 0 Å². The molecule has 1 rings (SSSR count). The number of carbonyl (C=O) groups is 1. The number of nitrogens with one attached hydrogen (secondary N) is 1. The van der Waals surface area contributed by atoms with Crippen LogP contribution in [0.15, 0.2) is 23.3 Å². The van der Waals surface area contributed by atoms with Crippen molar-refractivity contribution in [3.8, 4) is 11.5 Å². The molecule has 5 heteroatoms. The fourth-order valence-electron chi connectivity index (χ4n) is 1.37. The molecule has 0 fully saturated rings. The molecule has 2 N–H and O–H groups in total. The van der Waals surface area contributed by atoms with Gasteiger partial charge in [0.2, 0.25) is 5.91 Å². The van der Waals surface area contributed by atoms with Crippen LogP contribution in [0.25, 0.3) is 0 Å². The lowest BCUT2D eigenvalue weighted by atomic mass is 10.1. The highest BCUT2D eigenvalue weighted by Crippen LogP contribution is 2.25. The number of hydrogen-bond donors (Lipinski definition) is 2. The number of methoxy groups -OCH3 is 1. The van der Waals surface area contributed by atoms with Gasteiger partial charge in [-0.1, -0.05) is 13.8 Å². The Bertz CT molecular complexity index is 442. The van der Waals surface area contributed by atoms with Crippen LogP contribution in [0.5, 0.6) is 11.5 Å². The van der Waals surface area contributed by atoms with Gasteiger partial charge in [-0.3, -0.25) is 4.79 Å². The Hall–Kier alpha value is -2.04. The largest absolute Gasteiger partial charge is 0.504 e. The third-order valence-corrected chi connectivity index (χ3v) is 2.20. The quantitative estimate of drug-likeness (QED) is 0.619. The highest BCUT2D eigenvalue weighted by Gasteiger charge is 2.03. The van der Waals surface area contributed by atoms with Crippen LogP contribution in [-0.4, -0.2) is 24.3 Å². The molecule has 1 aromatic carbocycles. The zero-order valence-corrected chi connectivity index (χ0v) is 10.8. The molecule has 18 heavy (non-hydrogen) atoms. The maximum Gasteiger partial charge on any atom is 0.240 e. The molecular formula is C13H18N2O3. The van der Waals surface area contributed by atoms with Gasteiger partial charge in [0, 0.05) is 6.42 Å². The van der Waals surface area contributed by atoms with Gasteiger partial charge >= 0.3 is 0 Å². The van der Waals surface area contributed by atoms with E-state index < -0.39 is 0 Å². The van der Waals surface area contributed by atoms with Crippen molar-refractivity contribution >= 4 is 12.1 Å². The molecule has 0 unspecified atom stereocenters. The first-order chi connectivity index (χ1) is 8.52. The normalized spacial score (nSPS) is 10.9. The number of benzene rings is 1. The molecule has 0 aromatic heterocycles. The van der Waals surface area contributed by atoms with E-state index >= 15 is 0 Å². The Balaban J connectivity index is 2.59. The maximum atomic E-state index is 11.3. The smallest absolute Gasteiger partial charge is 0.240 e. The van der Waals surface area contributed by atoms with Crippen molar-refractivity contribution in [2.75, 3.05) is 7.11 Å².